The second-order valence-corrected chi connectivity index (χ2v) is 6.89. The van der Waals surface area contributed by atoms with E-state index in [9.17, 15) is 9.59 Å². The van der Waals surface area contributed by atoms with E-state index in [4.69, 9.17) is 4.74 Å². The zero-order valence-corrected chi connectivity index (χ0v) is 13.9. The Balaban J connectivity index is 2.01. The number of rotatable bonds is 2. The molecule has 4 heteroatoms. The number of hydrogen-bond donors (Lipinski definition) is 0. The van der Waals surface area contributed by atoms with Crippen molar-refractivity contribution in [3.63, 3.8) is 0 Å². The van der Waals surface area contributed by atoms with E-state index in [-0.39, 0.29) is 11.9 Å². The molecule has 22 heavy (non-hydrogen) atoms. The van der Waals surface area contributed by atoms with E-state index in [1.54, 1.807) is 11.8 Å². The largest absolute Gasteiger partial charge is 0.444 e. The summed E-state index contributed by atoms with van der Waals surface area (Å²) in [5, 5.41) is 0. The lowest BCUT2D eigenvalue weighted by molar-refractivity contribution is 0.0204. The highest BCUT2D eigenvalue weighted by Crippen LogP contribution is 2.31. The van der Waals surface area contributed by atoms with E-state index < -0.39 is 5.60 Å². The van der Waals surface area contributed by atoms with Crippen LogP contribution in [-0.2, 0) is 4.74 Å². The first-order valence-electron chi connectivity index (χ1n) is 7.86. The molecule has 1 aliphatic rings. The van der Waals surface area contributed by atoms with Gasteiger partial charge in [0.25, 0.3) is 0 Å². The number of nitrogens with zero attached hydrogens (tertiary/aromatic N) is 1. The third-order valence-electron chi connectivity index (χ3n) is 3.93. The molecule has 0 aliphatic carbocycles. The van der Waals surface area contributed by atoms with Crippen molar-refractivity contribution in [2.45, 2.75) is 52.1 Å². The highest BCUT2D eigenvalue weighted by Gasteiger charge is 2.28. The van der Waals surface area contributed by atoms with Gasteiger partial charge in [0.1, 0.15) is 5.60 Å². The van der Waals surface area contributed by atoms with Gasteiger partial charge in [-0.15, -0.1) is 0 Å². The Bertz CT molecular complexity index is 552. The molecule has 0 N–H and O–H groups in total. The molecular weight excluding hydrogens is 278 g/mol. The first-order chi connectivity index (χ1) is 10.3. The normalized spacial score (nSPS) is 16.5. The molecule has 2 rings (SSSR count). The first-order valence-corrected chi connectivity index (χ1v) is 7.86. The number of Topliss-reactive ketones (excluding diaryl/α,β-unsaturated/α-hetero) is 1. The molecule has 0 spiro atoms. The minimum atomic E-state index is -0.463. The SMILES string of the molecule is CC(=O)c1ccccc1C1CCN(C(=O)OC(C)(C)C)CC1. The van der Waals surface area contributed by atoms with E-state index in [2.05, 4.69) is 0 Å². The van der Waals surface area contributed by atoms with Crippen LogP contribution >= 0.6 is 0 Å². The maximum atomic E-state index is 12.1. The Morgan fingerprint density at radius 2 is 1.73 bits per heavy atom. The van der Waals surface area contributed by atoms with Gasteiger partial charge in [-0.25, -0.2) is 4.79 Å². The van der Waals surface area contributed by atoms with Crippen LogP contribution in [0.25, 0.3) is 0 Å². The average Bonchev–Trinajstić information content (AvgIpc) is 2.45. The molecule has 1 fully saturated rings. The van der Waals surface area contributed by atoms with Crippen LogP contribution in [0.3, 0.4) is 0 Å². The van der Waals surface area contributed by atoms with E-state index in [1.807, 2.05) is 45.0 Å². The van der Waals surface area contributed by atoms with Gasteiger partial charge >= 0.3 is 6.09 Å². The summed E-state index contributed by atoms with van der Waals surface area (Å²) in [7, 11) is 0. The number of carbonyl (C=O) groups excluding carboxylic acids is 2. The lowest BCUT2D eigenvalue weighted by Gasteiger charge is -2.34. The average molecular weight is 303 g/mol. The Kier molecular flexibility index (Phi) is 4.89. The summed E-state index contributed by atoms with van der Waals surface area (Å²) in [6, 6.07) is 7.79. The second kappa shape index (κ2) is 6.51. The fraction of sp³-hybridized carbons (Fsp3) is 0.556. The standard InChI is InChI=1S/C18H25NO3/c1-13(20)15-7-5-6-8-16(15)14-9-11-19(12-10-14)17(21)22-18(2,3)4/h5-8,14H,9-12H2,1-4H3. The molecular formula is C18H25NO3. The van der Waals surface area contributed by atoms with Gasteiger partial charge in [0.2, 0.25) is 0 Å². The molecule has 1 amide bonds. The van der Waals surface area contributed by atoms with Gasteiger partial charge in [0, 0.05) is 18.7 Å². The summed E-state index contributed by atoms with van der Waals surface area (Å²) in [6.07, 6.45) is 1.48. The number of piperidine rings is 1. The van der Waals surface area contributed by atoms with Crippen LogP contribution in [0.15, 0.2) is 24.3 Å². The van der Waals surface area contributed by atoms with Crippen molar-refractivity contribution in [2.24, 2.45) is 0 Å². The number of hydrogen-bond acceptors (Lipinski definition) is 3. The molecule has 1 saturated heterocycles. The predicted octanol–water partition coefficient (Wildman–Crippen LogP) is 4.00. The van der Waals surface area contributed by atoms with E-state index in [0.29, 0.717) is 19.0 Å². The lowest BCUT2D eigenvalue weighted by atomic mass is 9.85. The molecule has 1 aromatic carbocycles. The maximum absolute atomic E-state index is 12.1. The highest BCUT2D eigenvalue weighted by atomic mass is 16.6. The van der Waals surface area contributed by atoms with Gasteiger partial charge < -0.3 is 9.64 Å². The molecule has 1 aromatic rings. The van der Waals surface area contributed by atoms with Gasteiger partial charge in [-0.1, -0.05) is 24.3 Å². The molecule has 120 valence electrons. The predicted molar refractivity (Wildman–Crippen MR) is 86.2 cm³/mol. The number of amides is 1. The van der Waals surface area contributed by atoms with Gasteiger partial charge in [-0.3, -0.25) is 4.79 Å². The number of benzene rings is 1. The van der Waals surface area contributed by atoms with Crippen molar-refractivity contribution in [2.75, 3.05) is 13.1 Å². The van der Waals surface area contributed by atoms with Crippen LogP contribution in [0.5, 0.6) is 0 Å². The molecule has 4 nitrogen and oxygen atoms in total. The van der Waals surface area contributed by atoms with Crippen molar-refractivity contribution < 1.29 is 14.3 Å². The summed E-state index contributed by atoms with van der Waals surface area (Å²) in [6.45, 7) is 8.58. The first kappa shape index (κ1) is 16.5. The minimum absolute atomic E-state index is 0.102. The third-order valence-corrected chi connectivity index (χ3v) is 3.93. The summed E-state index contributed by atoms with van der Waals surface area (Å²) in [5.74, 6) is 0.434. The fourth-order valence-electron chi connectivity index (χ4n) is 2.87. The lowest BCUT2D eigenvalue weighted by Crippen LogP contribution is -2.41. The topological polar surface area (TPSA) is 46.6 Å². The Labute approximate surface area is 132 Å². The van der Waals surface area contributed by atoms with Crippen LogP contribution in [0.2, 0.25) is 0 Å². The van der Waals surface area contributed by atoms with E-state index in [1.165, 1.54) is 0 Å². The van der Waals surface area contributed by atoms with Crippen molar-refractivity contribution >= 4 is 11.9 Å². The summed E-state index contributed by atoms with van der Waals surface area (Å²) in [4.78, 5) is 25.6. The zero-order chi connectivity index (χ0) is 16.3. The van der Waals surface area contributed by atoms with Gasteiger partial charge in [0.15, 0.2) is 5.78 Å². The zero-order valence-electron chi connectivity index (χ0n) is 13.9. The van der Waals surface area contributed by atoms with Crippen LogP contribution in [0.4, 0.5) is 4.79 Å². The van der Waals surface area contributed by atoms with Crippen LogP contribution in [-0.4, -0.2) is 35.5 Å². The summed E-state index contributed by atoms with van der Waals surface area (Å²) < 4.78 is 5.41. The minimum Gasteiger partial charge on any atom is -0.444 e. The van der Waals surface area contributed by atoms with Crippen molar-refractivity contribution in [3.8, 4) is 0 Å². The van der Waals surface area contributed by atoms with Crippen LogP contribution in [0, 0.1) is 0 Å². The molecule has 0 saturated carbocycles. The number of ether oxygens (including phenoxy) is 1. The van der Waals surface area contributed by atoms with Crippen molar-refractivity contribution in [3.05, 3.63) is 35.4 Å². The molecule has 0 unspecified atom stereocenters. The van der Waals surface area contributed by atoms with Crippen LogP contribution < -0.4 is 0 Å². The molecule has 1 heterocycles. The monoisotopic (exact) mass is 303 g/mol. The number of carbonyl (C=O) groups is 2. The van der Waals surface area contributed by atoms with E-state index in [0.717, 1.165) is 24.0 Å². The number of likely N-dealkylation sites (tertiary alicyclic amines) is 1. The summed E-state index contributed by atoms with van der Waals surface area (Å²) >= 11 is 0. The molecule has 0 atom stereocenters. The van der Waals surface area contributed by atoms with Gasteiger partial charge in [0.05, 0.1) is 0 Å². The second-order valence-electron chi connectivity index (χ2n) is 6.89. The van der Waals surface area contributed by atoms with Crippen LogP contribution in [0.1, 0.15) is 62.4 Å². The molecule has 0 radical (unpaired) electrons. The highest BCUT2D eigenvalue weighted by molar-refractivity contribution is 5.95. The van der Waals surface area contributed by atoms with E-state index >= 15 is 0 Å². The quantitative estimate of drug-likeness (QED) is 0.776. The number of ketones is 1. The molecule has 0 bridgehead atoms. The van der Waals surface area contributed by atoms with Crippen molar-refractivity contribution in [1.29, 1.82) is 0 Å². The smallest absolute Gasteiger partial charge is 0.410 e. The Hall–Kier alpha value is -1.84. The fourth-order valence-corrected chi connectivity index (χ4v) is 2.87. The van der Waals surface area contributed by atoms with Gasteiger partial charge in [-0.2, -0.15) is 0 Å². The molecule has 1 aliphatic heterocycles. The van der Waals surface area contributed by atoms with Gasteiger partial charge in [-0.05, 0) is 52.0 Å². The van der Waals surface area contributed by atoms with Crippen molar-refractivity contribution in [1.82, 2.24) is 4.90 Å². The Morgan fingerprint density at radius 3 is 2.27 bits per heavy atom. The molecule has 0 aromatic heterocycles. The maximum Gasteiger partial charge on any atom is 0.410 e. The third kappa shape index (κ3) is 4.09. The Morgan fingerprint density at radius 1 is 1.14 bits per heavy atom. The summed E-state index contributed by atoms with van der Waals surface area (Å²) in [5.41, 5.74) is 1.45.